The van der Waals surface area contributed by atoms with E-state index < -0.39 is 0 Å². The average molecular weight is 562 g/mol. The van der Waals surface area contributed by atoms with Gasteiger partial charge in [-0.2, -0.15) is 0 Å². The fraction of sp³-hybridized carbons (Fsp3) is 0.371. The number of halogens is 1. The lowest BCUT2D eigenvalue weighted by Crippen LogP contribution is -2.26. The minimum Gasteiger partial charge on any atom is -0.508 e. The number of phenols is 2. The van der Waals surface area contributed by atoms with Crippen LogP contribution in [0, 0.1) is 0 Å². The minimum atomic E-state index is 0. The van der Waals surface area contributed by atoms with E-state index in [1.54, 1.807) is 18.2 Å². The van der Waals surface area contributed by atoms with E-state index in [4.69, 9.17) is 4.74 Å². The van der Waals surface area contributed by atoms with Crippen LogP contribution in [0.1, 0.15) is 63.5 Å². The number of nitrogens with zero attached hydrogens (tertiary/aromatic N) is 1. The summed E-state index contributed by atoms with van der Waals surface area (Å²) in [5.41, 5.74) is 4.58. The Morgan fingerprint density at radius 1 is 0.675 bits per heavy atom. The molecule has 0 aliphatic heterocycles. The molecule has 0 unspecified atom stereocenters. The molecule has 4 nitrogen and oxygen atoms in total. The highest BCUT2D eigenvalue weighted by molar-refractivity contribution is 5.93. The van der Waals surface area contributed by atoms with Crippen LogP contribution in [0.3, 0.4) is 0 Å². The van der Waals surface area contributed by atoms with Crippen molar-refractivity contribution in [3.05, 3.63) is 90.0 Å². The van der Waals surface area contributed by atoms with Crippen LogP contribution < -0.4 is 4.74 Å². The van der Waals surface area contributed by atoms with E-state index >= 15 is 0 Å². The predicted octanol–water partition coefficient (Wildman–Crippen LogP) is 8.99. The van der Waals surface area contributed by atoms with Gasteiger partial charge in [0.05, 0.1) is 6.61 Å². The first kappa shape index (κ1) is 31.3. The maximum atomic E-state index is 10.0. The van der Waals surface area contributed by atoms with Gasteiger partial charge in [-0.15, -0.1) is 12.4 Å². The quantitative estimate of drug-likeness (QED) is 0.142. The maximum absolute atomic E-state index is 10.0. The SMILES string of the molecule is CCCN(CCC)CCCCCCOc1ccc(Cc2c(-c3ccc(O)cc3)ccc3cc(O)ccc23)cc1.Cl. The van der Waals surface area contributed by atoms with Crippen molar-refractivity contribution in [3.63, 3.8) is 0 Å². The molecule has 0 radical (unpaired) electrons. The molecular formula is C35H44ClNO3. The van der Waals surface area contributed by atoms with Crippen molar-refractivity contribution in [2.75, 3.05) is 26.2 Å². The Morgan fingerprint density at radius 2 is 1.35 bits per heavy atom. The molecule has 4 aromatic rings. The Labute approximate surface area is 246 Å². The van der Waals surface area contributed by atoms with E-state index in [2.05, 4.69) is 49.1 Å². The van der Waals surface area contributed by atoms with Gasteiger partial charge in [0.1, 0.15) is 17.2 Å². The van der Waals surface area contributed by atoms with Crippen molar-refractivity contribution in [3.8, 4) is 28.4 Å². The summed E-state index contributed by atoms with van der Waals surface area (Å²) in [6.45, 7) is 8.93. The standard InChI is InChI=1S/C35H43NO3.ClH/c1-3-21-36(22-4-2)23-7-5-6-8-24-39-32-17-9-27(10-18-32)25-35-33(28-11-14-30(37)15-12-28)19-13-29-26-31(38)16-20-34(29)35;/h9-20,26,37-38H,3-8,21-25H2,1-2H3;1H. The number of unbranched alkanes of at least 4 members (excludes halogenated alkanes) is 3. The molecule has 0 aliphatic rings. The van der Waals surface area contributed by atoms with Crippen molar-refractivity contribution in [2.45, 2.75) is 58.8 Å². The van der Waals surface area contributed by atoms with Gasteiger partial charge >= 0.3 is 0 Å². The van der Waals surface area contributed by atoms with E-state index in [1.165, 1.54) is 62.9 Å². The third kappa shape index (κ3) is 8.90. The first-order valence-corrected chi connectivity index (χ1v) is 14.6. The number of aromatic hydroxyl groups is 2. The van der Waals surface area contributed by atoms with Crippen LogP contribution in [0.2, 0.25) is 0 Å². The zero-order valence-corrected chi connectivity index (χ0v) is 24.8. The average Bonchev–Trinajstić information content (AvgIpc) is 2.94. The van der Waals surface area contributed by atoms with E-state index in [-0.39, 0.29) is 23.9 Å². The van der Waals surface area contributed by atoms with Gasteiger partial charge in [0.25, 0.3) is 0 Å². The molecule has 0 fully saturated rings. The molecule has 40 heavy (non-hydrogen) atoms. The molecule has 0 amide bonds. The van der Waals surface area contributed by atoms with Gasteiger partial charge < -0.3 is 19.8 Å². The summed E-state index contributed by atoms with van der Waals surface area (Å²) in [5.74, 6) is 1.44. The normalized spacial score (nSPS) is 11.1. The lowest BCUT2D eigenvalue weighted by Gasteiger charge is -2.20. The van der Waals surface area contributed by atoms with Crippen molar-refractivity contribution < 1.29 is 14.9 Å². The largest absolute Gasteiger partial charge is 0.508 e. The Balaban J connectivity index is 0.00000441. The number of benzene rings is 4. The summed E-state index contributed by atoms with van der Waals surface area (Å²) in [4.78, 5) is 2.59. The third-order valence-electron chi connectivity index (χ3n) is 7.31. The molecule has 214 valence electrons. The molecule has 4 aromatic carbocycles. The van der Waals surface area contributed by atoms with Crippen LogP contribution in [0.4, 0.5) is 0 Å². The molecular weight excluding hydrogens is 518 g/mol. The summed E-state index contributed by atoms with van der Waals surface area (Å²) >= 11 is 0. The zero-order valence-electron chi connectivity index (χ0n) is 23.9. The monoisotopic (exact) mass is 561 g/mol. The van der Waals surface area contributed by atoms with Crippen LogP contribution in [-0.2, 0) is 6.42 Å². The predicted molar refractivity (Wildman–Crippen MR) is 170 cm³/mol. The summed E-state index contributed by atoms with van der Waals surface area (Å²) in [5, 5.41) is 21.9. The first-order chi connectivity index (χ1) is 19.1. The number of rotatable bonds is 15. The number of ether oxygens (including phenoxy) is 1. The second-order valence-electron chi connectivity index (χ2n) is 10.5. The molecule has 0 saturated carbocycles. The van der Waals surface area contributed by atoms with Crippen molar-refractivity contribution in [1.29, 1.82) is 0 Å². The number of fused-ring (bicyclic) bond motifs is 1. The Kier molecular flexibility index (Phi) is 12.6. The van der Waals surface area contributed by atoms with Gasteiger partial charge in [0.2, 0.25) is 0 Å². The van der Waals surface area contributed by atoms with Gasteiger partial charge in [-0.05, 0) is 121 Å². The summed E-state index contributed by atoms with van der Waals surface area (Å²) in [6.07, 6.45) is 8.05. The molecule has 5 heteroatoms. The Morgan fingerprint density at radius 3 is 2.05 bits per heavy atom. The molecule has 0 heterocycles. The molecule has 2 N–H and O–H groups in total. The fourth-order valence-electron chi connectivity index (χ4n) is 5.34. The molecule has 0 spiro atoms. The minimum absolute atomic E-state index is 0. The second-order valence-corrected chi connectivity index (χ2v) is 10.5. The summed E-state index contributed by atoms with van der Waals surface area (Å²) in [7, 11) is 0. The third-order valence-corrected chi connectivity index (χ3v) is 7.31. The van der Waals surface area contributed by atoms with Crippen molar-refractivity contribution in [2.24, 2.45) is 0 Å². The van der Waals surface area contributed by atoms with E-state index in [9.17, 15) is 10.2 Å². The molecule has 0 saturated heterocycles. The van der Waals surface area contributed by atoms with Gasteiger partial charge in [0.15, 0.2) is 0 Å². The maximum Gasteiger partial charge on any atom is 0.119 e. The lowest BCUT2D eigenvalue weighted by atomic mass is 9.90. The number of hydrogen-bond donors (Lipinski definition) is 2. The topological polar surface area (TPSA) is 52.9 Å². The highest BCUT2D eigenvalue weighted by atomic mass is 35.5. The van der Waals surface area contributed by atoms with E-state index in [1.807, 2.05) is 30.3 Å². The van der Waals surface area contributed by atoms with Gasteiger partial charge in [-0.25, -0.2) is 0 Å². The highest BCUT2D eigenvalue weighted by Crippen LogP contribution is 2.34. The molecule has 0 aromatic heterocycles. The molecule has 4 rings (SSSR count). The van der Waals surface area contributed by atoms with Crippen molar-refractivity contribution in [1.82, 2.24) is 4.90 Å². The highest BCUT2D eigenvalue weighted by Gasteiger charge is 2.12. The van der Waals surface area contributed by atoms with Crippen LogP contribution in [0.5, 0.6) is 17.2 Å². The second kappa shape index (κ2) is 16.2. The van der Waals surface area contributed by atoms with Crippen molar-refractivity contribution >= 4 is 23.2 Å². The van der Waals surface area contributed by atoms with Gasteiger partial charge in [-0.3, -0.25) is 0 Å². The van der Waals surface area contributed by atoms with Crippen LogP contribution in [0.25, 0.3) is 21.9 Å². The van der Waals surface area contributed by atoms with Crippen LogP contribution in [-0.4, -0.2) is 41.4 Å². The molecule has 0 atom stereocenters. The fourth-order valence-corrected chi connectivity index (χ4v) is 5.34. The van der Waals surface area contributed by atoms with Crippen LogP contribution >= 0.6 is 12.4 Å². The number of phenolic OH excluding ortho intramolecular Hbond substituents is 2. The molecule has 0 bridgehead atoms. The molecule has 0 aliphatic carbocycles. The van der Waals surface area contributed by atoms with Crippen LogP contribution in [0.15, 0.2) is 78.9 Å². The smallest absolute Gasteiger partial charge is 0.119 e. The Bertz CT molecular complexity index is 1300. The summed E-state index contributed by atoms with van der Waals surface area (Å²) in [6, 6.07) is 25.5. The first-order valence-electron chi connectivity index (χ1n) is 14.6. The van der Waals surface area contributed by atoms with Gasteiger partial charge in [-0.1, -0.05) is 69.2 Å². The summed E-state index contributed by atoms with van der Waals surface area (Å²) < 4.78 is 6.04. The zero-order chi connectivity index (χ0) is 27.5. The Hall–Kier alpha value is -3.21. The van der Waals surface area contributed by atoms with E-state index in [0.29, 0.717) is 0 Å². The van der Waals surface area contributed by atoms with Gasteiger partial charge in [0, 0.05) is 0 Å². The number of hydrogen-bond acceptors (Lipinski definition) is 4. The lowest BCUT2D eigenvalue weighted by molar-refractivity contribution is 0.264. The van der Waals surface area contributed by atoms with E-state index in [0.717, 1.165) is 47.1 Å².